The first kappa shape index (κ1) is 49.1. The third kappa shape index (κ3) is 8.50. The minimum atomic E-state index is -3.04. The molecular formula is C49H71FN4O9Si. The summed E-state index contributed by atoms with van der Waals surface area (Å²) in [6.07, 6.45) is 6.25. The van der Waals surface area contributed by atoms with Gasteiger partial charge in [0.15, 0.2) is 31.2 Å². The summed E-state index contributed by atoms with van der Waals surface area (Å²) in [6, 6.07) is -1.21. The van der Waals surface area contributed by atoms with E-state index in [4.69, 9.17) is 23.2 Å². The highest BCUT2D eigenvalue weighted by Gasteiger charge is 2.68. The highest BCUT2D eigenvalue weighted by atomic mass is 28.4. The Morgan fingerprint density at radius 2 is 1.66 bits per heavy atom. The number of allylic oxidation sites excluding steroid dienone is 1. The molecule has 2 heterocycles. The molecule has 4 aliphatic rings. The van der Waals surface area contributed by atoms with Crippen molar-refractivity contribution in [3.05, 3.63) is 70.5 Å². The van der Waals surface area contributed by atoms with Crippen LogP contribution in [0.4, 0.5) is 14.9 Å². The molecule has 0 fully saturated rings. The van der Waals surface area contributed by atoms with Crippen molar-refractivity contribution in [1.29, 1.82) is 0 Å². The number of benzene rings is 1. The Kier molecular flexibility index (Phi) is 14.2. The molecule has 13 nitrogen and oxygen atoms in total. The molecule has 5 atom stereocenters. The topological polar surface area (TPSA) is 144 Å². The largest absolute Gasteiger partial charge is 0.508 e. The van der Waals surface area contributed by atoms with E-state index >= 15 is 14.0 Å². The third-order valence-corrected chi connectivity index (χ3v) is 18.1. The average molecular weight is 907 g/mol. The van der Waals surface area contributed by atoms with E-state index < -0.39 is 77.7 Å². The van der Waals surface area contributed by atoms with Crippen molar-refractivity contribution in [2.75, 3.05) is 51.8 Å². The number of halogens is 1. The van der Waals surface area contributed by atoms with Crippen molar-refractivity contribution >= 4 is 31.7 Å². The zero-order chi connectivity index (χ0) is 47.3. The maximum absolute atomic E-state index is 17.9. The molecule has 0 saturated heterocycles. The Morgan fingerprint density at radius 1 is 1.03 bits per heavy atom. The van der Waals surface area contributed by atoms with Crippen molar-refractivity contribution in [3.63, 3.8) is 0 Å². The van der Waals surface area contributed by atoms with Crippen LogP contribution in [0.15, 0.2) is 41.2 Å². The predicted octanol–water partition coefficient (Wildman–Crippen LogP) is 10.5. The van der Waals surface area contributed by atoms with Gasteiger partial charge in [-0.15, -0.1) is 13.2 Å². The molecule has 0 spiro atoms. The van der Waals surface area contributed by atoms with Gasteiger partial charge in [0.1, 0.15) is 22.7 Å². The van der Waals surface area contributed by atoms with E-state index in [2.05, 4.69) is 18.3 Å². The molecule has 1 N–H and O–H groups in total. The van der Waals surface area contributed by atoms with Gasteiger partial charge >= 0.3 is 6.09 Å². The quantitative estimate of drug-likeness (QED) is 0.0972. The molecular weight excluding hydrogens is 836 g/mol. The summed E-state index contributed by atoms with van der Waals surface area (Å²) in [6.45, 7) is 28.8. The number of anilines is 1. The number of aliphatic hydroxyl groups excluding tert-OH is 1. The molecule has 1 aromatic heterocycles. The van der Waals surface area contributed by atoms with E-state index in [1.807, 2.05) is 71.6 Å². The summed E-state index contributed by atoms with van der Waals surface area (Å²) < 4.78 is 50.1. The zero-order valence-electron chi connectivity index (χ0n) is 40.2. The maximum Gasteiger partial charge on any atom is 0.414 e. The number of ether oxygens (including phenoxy) is 3. The van der Waals surface area contributed by atoms with Crippen LogP contribution in [0, 0.1) is 17.7 Å². The molecule has 0 saturated carbocycles. The second-order valence-corrected chi connectivity index (χ2v) is 25.3. The van der Waals surface area contributed by atoms with Gasteiger partial charge in [-0.2, -0.15) is 0 Å². The Morgan fingerprint density at radius 3 is 2.22 bits per heavy atom. The molecule has 15 heteroatoms. The minimum absolute atomic E-state index is 0.00143. The van der Waals surface area contributed by atoms with Crippen molar-refractivity contribution in [1.82, 2.24) is 15.0 Å². The molecule has 6 rings (SSSR count). The predicted molar refractivity (Wildman–Crippen MR) is 248 cm³/mol. The summed E-state index contributed by atoms with van der Waals surface area (Å²) in [5.41, 5.74) is -2.51. The van der Waals surface area contributed by atoms with Gasteiger partial charge in [-0.1, -0.05) is 59.6 Å². The van der Waals surface area contributed by atoms with Crippen LogP contribution in [0.1, 0.15) is 144 Å². The van der Waals surface area contributed by atoms with Crippen LogP contribution in [-0.2, 0) is 15.6 Å². The lowest BCUT2D eigenvalue weighted by Gasteiger charge is -2.55. The molecule has 1 unspecified atom stereocenters. The summed E-state index contributed by atoms with van der Waals surface area (Å²) in [7, 11) is 0.678. The fourth-order valence-electron chi connectivity index (χ4n) is 9.64. The second kappa shape index (κ2) is 18.5. The van der Waals surface area contributed by atoms with Gasteiger partial charge in [0.05, 0.1) is 30.5 Å². The van der Waals surface area contributed by atoms with E-state index in [0.717, 1.165) is 12.8 Å². The number of Topliss-reactive ketones (excluding diaryl/α,β-unsaturated/α-hetero) is 2. The Balaban J connectivity index is 1.69. The SMILES string of the molecule is C=CCN(CC=C)[C@@H]1c2onc(OCCCC)c2C(=O)[C@@]2(O[Si](C)(C)C(C)(C)C)C(O)=C3C(=O)c4c(c(F)c5c(c4OCCCC)N(C(=O)OC(C)(C)C)CCC5N(C)C)C[C@H]3C[C@@H]12. The number of ketones is 2. The number of nitrogens with zero attached hydrogens (tertiary/aromatic N) is 4. The lowest BCUT2D eigenvalue weighted by molar-refractivity contribution is -0.0525. The van der Waals surface area contributed by atoms with E-state index in [-0.39, 0.29) is 83.5 Å². The van der Waals surface area contributed by atoms with Gasteiger partial charge in [0.25, 0.3) is 5.88 Å². The number of aromatic nitrogens is 1. The molecule has 64 heavy (non-hydrogen) atoms. The fourth-order valence-corrected chi connectivity index (χ4v) is 11.1. The first-order valence-corrected chi connectivity index (χ1v) is 25.9. The zero-order valence-corrected chi connectivity index (χ0v) is 41.2. The number of carbonyl (C=O) groups excluding carboxylic acids is 3. The van der Waals surface area contributed by atoms with E-state index in [9.17, 15) is 9.90 Å². The van der Waals surface area contributed by atoms with Crippen LogP contribution in [-0.4, -0.2) is 104 Å². The summed E-state index contributed by atoms with van der Waals surface area (Å²) in [5, 5.41) is 17.2. The summed E-state index contributed by atoms with van der Waals surface area (Å²) >= 11 is 0. The smallest absolute Gasteiger partial charge is 0.414 e. The summed E-state index contributed by atoms with van der Waals surface area (Å²) in [4.78, 5) is 51.0. The third-order valence-electron chi connectivity index (χ3n) is 13.7. The Labute approximate surface area is 380 Å². The lowest BCUT2D eigenvalue weighted by atomic mass is 9.58. The van der Waals surface area contributed by atoms with Crippen molar-refractivity contribution < 1.29 is 47.0 Å². The van der Waals surface area contributed by atoms with E-state index in [1.54, 1.807) is 32.9 Å². The highest BCUT2D eigenvalue weighted by Crippen LogP contribution is 2.61. The van der Waals surface area contributed by atoms with Crippen molar-refractivity contribution in [2.45, 2.75) is 142 Å². The van der Waals surface area contributed by atoms with E-state index in [0.29, 0.717) is 32.4 Å². The first-order chi connectivity index (χ1) is 30.0. The fraction of sp³-hybridized carbons (Fsp3) is 0.633. The standard InChI is InChI=1S/C49H71FN4O9Si/c1-15-19-25-59-41-34-30(37(50)35-32(52(11)12)21-24-54(39(35)41)46(58)61-47(5,6)7)27-29-28-31-38(53(22-17-3)23-18-4)42-36(45(51-62-42)60-26-20-16-2)44(57)49(31,43(56)33(29)40(34)55)63-64(13,14)48(8,9)10/h17-18,29,31-32,38,56H,3-4,15-16,19-28H2,1-2,5-14H3/t29-,31-,32?,38-,49-/m0/s1. The number of fused-ring (bicyclic) bond motifs is 5. The number of aliphatic hydroxyl groups is 1. The van der Waals surface area contributed by atoms with Crippen LogP contribution < -0.4 is 14.4 Å². The van der Waals surface area contributed by atoms with Crippen molar-refractivity contribution in [3.8, 4) is 11.6 Å². The van der Waals surface area contributed by atoms with Gasteiger partial charge in [0, 0.05) is 48.3 Å². The number of amides is 1. The number of hydrogen-bond acceptors (Lipinski definition) is 12. The normalized spacial score (nSPS) is 23.3. The van der Waals surface area contributed by atoms with Gasteiger partial charge in [0.2, 0.25) is 5.78 Å². The van der Waals surface area contributed by atoms with Crippen LogP contribution in [0.5, 0.6) is 11.6 Å². The van der Waals surface area contributed by atoms with Gasteiger partial charge in [-0.05, 0) is 96.2 Å². The molecule has 1 aliphatic heterocycles. The van der Waals surface area contributed by atoms with Crippen LogP contribution >= 0.6 is 0 Å². The molecule has 0 bridgehead atoms. The molecule has 1 aromatic carbocycles. The highest BCUT2D eigenvalue weighted by molar-refractivity contribution is 6.74. The number of hydrogen-bond donors (Lipinski definition) is 1. The number of carbonyl (C=O) groups is 3. The molecule has 3 aliphatic carbocycles. The van der Waals surface area contributed by atoms with Crippen LogP contribution in [0.3, 0.4) is 0 Å². The Hall–Kier alpha value is -4.31. The molecule has 1 amide bonds. The number of unbranched alkanes of at least 4 members (excludes halogenated alkanes) is 2. The number of rotatable bonds is 16. The monoisotopic (exact) mass is 906 g/mol. The van der Waals surface area contributed by atoms with Crippen molar-refractivity contribution in [2.24, 2.45) is 11.8 Å². The molecule has 0 radical (unpaired) electrons. The average Bonchev–Trinajstić information content (AvgIpc) is 3.62. The Bertz CT molecular complexity index is 2180. The lowest BCUT2D eigenvalue weighted by Crippen LogP contribution is -2.65. The van der Waals surface area contributed by atoms with Crippen LogP contribution in [0.25, 0.3) is 0 Å². The minimum Gasteiger partial charge on any atom is -0.508 e. The van der Waals surface area contributed by atoms with Gasteiger partial charge in [-0.3, -0.25) is 19.4 Å². The first-order valence-electron chi connectivity index (χ1n) is 23.0. The van der Waals surface area contributed by atoms with E-state index in [1.165, 1.54) is 4.90 Å². The van der Waals surface area contributed by atoms with Gasteiger partial charge in [-0.25, -0.2) is 9.18 Å². The molecule has 2 aromatic rings. The van der Waals surface area contributed by atoms with Gasteiger partial charge < -0.3 is 33.2 Å². The van der Waals surface area contributed by atoms with Crippen LogP contribution in [0.2, 0.25) is 18.1 Å². The summed E-state index contributed by atoms with van der Waals surface area (Å²) in [5.74, 6) is -3.70. The second-order valence-electron chi connectivity index (χ2n) is 20.5. The maximum atomic E-state index is 17.9. The molecule has 352 valence electrons.